The van der Waals surface area contributed by atoms with Crippen LogP contribution in [0.3, 0.4) is 0 Å². The van der Waals surface area contributed by atoms with E-state index in [1.54, 1.807) is 0 Å². The summed E-state index contributed by atoms with van der Waals surface area (Å²) < 4.78 is 12.7. The number of hydrogen-bond donors (Lipinski definition) is 0. The van der Waals surface area contributed by atoms with Crippen LogP contribution in [0.5, 0.6) is 0 Å². The Hall–Kier alpha value is -1.09. The van der Waals surface area contributed by atoms with Gasteiger partial charge in [0.2, 0.25) is 0 Å². The molecule has 2 fully saturated rings. The molecule has 3 aliphatic rings. The van der Waals surface area contributed by atoms with E-state index in [0.717, 1.165) is 25.7 Å². The molecule has 1 aliphatic heterocycles. The average molecular weight is 347 g/mol. The Kier molecular flexibility index (Phi) is 4.27. The second-order valence-electron chi connectivity index (χ2n) is 9.61. The number of carbonyl (C=O) groups excluding carboxylic acids is 1. The lowest BCUT2D eigenvalue weighted by Gasteiger charge is -2.62. The van der Waals surface area contributed by atoms with Gasteiger partial charge in [0.05, 0.1) is 11.2 Å². The first-order chi connectivity index (χ1) is 11.5. The summed E-state index contributed by atoms with van der Waals surface area (Å²) >= 11 is 0. The van der Waals surface area contributed by atoms with Gasteiger partial charge in [-0.2, -0.15) is 0 Å². The summed E-state index contributed by atoms with van der Waals surface area (Å²) in [5.41, 5.74) is 0.719. The fourth-order valence-corrected chi connectivity index (χ4v) is 6.31. The Bertz CT molecular complexity index is 619. The number of ether oxygens (including phenoxy) is 2. The van der Waals surface area contributed by atoms with Crippen LogP contribution < -0.4 is 0 Å². The highest BCUT2D eigenvalue weighted by molar-refractivity contribution is 5.66. The van der Waals surface area contributed by atoms with E-state index in [-0.39, 0.29) is 40.0 Å². The van der Waals surface area contributed by atoms with Gasteiger partial charge in [-0.1, -0.05) is 33.3 Å². The van der Waals surface area contributed by atoms with Crippen molar-refractivity contribution in [2.24, 2.45) is 16.7 Å². The molecule has 0 amide bonds. The standard InChI is InChI=1S/C22H34O3/c1-8-20(6)12-13-22(25-20)15(2)14-17(24-16(3)23)18-19(4,5)10-9-11-21(18,22)7/h8,14,17-18H,1,9-13H2,2-7H3. The Morgan fingerprint density at radius 3 is 2.48 bits per heavy atom. The summed E-state index contributed by atoms with van der Waals surface area (Å²) in [4.78, 5) is 11.8. The zero-order valence-corrected chi connectivity index (χ0v) is 16.8. The van der Waals surface area contributed by atoms with Gasteiger partial charge in [-0.05, 0) is 56.6 Å². The molecule has 3 heteroatoms. The normalized spacial score (nSPS) is 45.6. The number of fused-ring (bicyclic) bond motifs is 2. The van der Waals surface area contributed by atoms with Crippen molar-refractivity contribution in [2.75, 3.05) is 0 Å². The molecule has 1 saturated carbocycles. The monoisotopic (exact) mass is 346 g/mol. The summed E-state index contributed by atoms with van der Waals surface area (Å²) in [5, 5.41) is 0. The van der Waals surface area contributed by atoms with Gasteiger partial charge in [-0.3, -0.25) is 4.79 Å². The molecule has 5 atom stereocenters. The summed E-state index contributed by atoms with van der Waals surface area (Å²) in [6.45, 7) is 16.9. The molecule has 0 aromatic rings. The smallest absolute Gasteiger partial charge is 0.303 e. The summed E-state index contributed by atoms with van der Waals surface area (Å²) in [6.07, 6.45) is 9.42. The van der Waals surface area contributed by atoms with Crippen LogP contribution in [0.4, 0.5) is 0 Å². The summed E-state index contributed by atoms with van der Waals surface area (Å²) in [6, 6.07) is 0. The minimum Gasteiger partial charge on any atom is -0.458 e. The highest BCUT2D eigenvalue weighted by Crippen LogP contribution is 2.66. The minimum absolute atomic E-state index is 0.0472. The van der Waals surface area contributed by atoms with Gasteiger partial charge in [-0.25, -0.2) is 0 Å². The van der Waals surface area contributed by atoms with E-state index in [0.29, 0.717) is 0 Å². The SMILES string of the molecule is C=CC1(C)CCC2(O1)C(C)=CC(OC(C)=O)C1C(C)(C)CCCC12C. The van der Waals surface area contributed by atoms with Gasteiger partial charge < -0.3 is 9.47 Å². The van der Waals surface area contributed by atoms with Crippen LogP contribution in [0.25, 0.3) is 0 Å². The fraction of sp³-hybridized carbons (Fsp3) is 0.773. The first-order valence-electron chi connectivity index (χ1n) is 9.70. The topological polar surface area (TPSA) is 35.5 Å². The van der Waals surface area contributed by atoms with Gasteiger partial charge in [0.15, 0.2) is 0 Å². The molecule has 3 rings (SSSR count). The molecule has 1 spiro atoms. The molecule has 3 nitrogen and oxygen atoms in total. The van der Waals surface area contributed by atoms with Crippen molar-refractivity contribution in [2.45, 2.75) is 91.0 Å². The lowest BCUT2D eigenvalue weighted by molar-refractivity contribution is -0.206. The molecular weight excluding hydrogens is 312 g/mol. The zero-order valence-electron chi connectivity index (χ0n) is 16.8. The number of carbonyl (C=O) groups is 1. The maximum Gasteiger partial charge on any atom is 0.303 e. The number of rotatable bonds is 2. The molecule has 0 bridgehead atoms. The van der Waals surface area contributed by atoms with Crippen LogP contribution >= 0.6 is 0 Å². The van der Waals surface area contributed by atoms with E-state index in [9.17, 15) is 4.79 Å². The third-order valence-corrected chi connectivity index (χ3v) is 7.46. The van der Waals surface area contributed by atoms with Crippen LogP contribution in [0, 0.1) is 16.7 Å². The molecule has 0 radical (unpaired) electrons. The molecule has 5 unspecified atom stereocenters. The number of hydrogen-bond acceptors (Lipinski definition) is 3. The largest absolute Gasteiger partial charge is 0.458 e. The first kappa shape index (κ1) is 18.7. The maximum absolute atomic E-state index is 11.8. The van der Waals surface area contributed by atoms with Gasteiger partial charge in [-0.15, -0.1) is 6.58 Å². The third-order valence-electron chi connectivity index (χ3n) is 7.46. The highest BCUT2D eigenvalue weighted by atomic mass is 16.5. The van der Waals surface area contributed by atoms with Crippen molar-refractivity contribution >= 4 is 5.97 Å². The molecule has 0 aromatic carbocycles. The molecular formula is C22H34O3. The van der Waals surface area contributed by atoms with E-state index in [4.69, 9.17) is 9.47 Å². The number of esters is 1. The fourth-order valence-electron chi connectivity index (χ4n) is 6.31. The van der Waals surface area contributed by atoms with Crippen LogP contribution in [0.1, 0.15) is 73.6 Å². The summed E-state index contributed by atoms with van der Waals surface area (Å²) in [5.74, 6) is 0.0607. The Morgan fingerprint density at radius 1 is 1.24 bits per heavy atom. The second kappa shape index (κ2) is 5.70. The Labute approximate surface area is 152 Å². The quantitative estimate of drug-likeness (QED) is 0.509. The van der Waals surface area contributed by atoms with E-state index in [1.807, 2.05) is 6.08 Å². The third kappa shape index (κ3) is 2.61. The van der Waals surface area contributed by atoms with Crippen LogP contribution in [-0.4, -0.2) is 23.3 Å². The molecule has 140 valence electrons. The molecule has 0 N–H and O–H groups in total. The van der Waals surface area contributed by atoms with E-state index >= 15 is 0 Å². The molecule has 0 aromatic heterocycles. The molecule has 1 saturated heterocycles. The van der Waals surface area contributed by atoms with Crippen LogP contribution in [-0.2, 0) is 14.3 Å². The Balaban J connectivity index is 2.15. The minimum atomic E-state index is -0.283. The predicted molar refractivity (Wildman–Crippen MR) is 100 cm³/mol. The molecule has 25 heavy (non-hydrogen) atoms. The maximum atomic E-state index is 11.8. The van der Waals surface area contributed by atoms with Crippen molar-refractivity contribution < 1.29 is 14.3 Å². The van der Waals surface area contributed by atoms with Crippen molar-refractivity contribution in [3.05, 3.63) is 24.3 Å². The van der Waals surface area contributed by atoms with Crippen molar-refractivity contribution in [3.63, 3.8) is 0 Å². The highest BCUT2D eigenvalue weighted by Gasteiger charge is 2.66. The van der Waals surface area contributed by atoms with E-state index < -0.39 is 0 Å². The molecule has 1 heterocycles. The first-order valence-corrected chi connectivity index (χ1v) is 9.70. The van der Waals surface area contributed by atoms with Crippen LogP contribution in [0.15, 0.2) is 24.3 Å². The second-order valence-corrected chi connectivity index (χ2v) is 9.61. The van der Waals surface area contributed by atoms with Crippen molar-refractivity contribution in [3.8, 4) is 0 Å². The predicted octanol–water partition coefficient (Wildman–Crippen LogP) is 5.20. The van der Waals surface area contributed by atoms with Crippen molar-refractivity contribution in [1.29, 1.82) is 0 Å². The summed E-state index contributed by atoms with van der Waals surface area (Å²) in [7, 11) is 0. The van der Waals surface area contributed by atoms with Crippen molar-refractivity contribution in [1.82, 2.24) is 0 Å². The van der Waals surface area contributed by atoms with Gasteiger partial charge in [0.1, 0.15) is 6.10 Å². The average Bonchev–Trinajstić information content (AvgIpc) is 2.85. The van der Waals surface area contributed by atoms with E-state index in [2.05, 4.69) is 47.3 Å². The van der Waals surface area contributed by atoms with E-state index in [1.165, 1.54) is 18.9 Å². The van der Waals surface area contributed by atoms with Crippen LogP contribution in [0.2, 0.25) is 0 Å². The molecule has 2 aliphatic carbocycles. The van der Waals surface area contributed by atoms with Gasteiger partial charge in [0, 0.05) is 18.3 Å². The van der Waals surface area contributed by atoms with Gasteiger partial charge in [0.25, 0.3) is 0 Å². The zero-order chi connectivity index (χ0) is 18.7. The lowest BCUT2D eigenvalue weighted by atomic mass is 9.46. The Morgan fingerprint density at radius 2 is 1.92 bits per heavy atom. The lowest BCUT2D eigenvalue weighted by Crippen LogP contribution is -2.63. The van der Waals surface area contributed by atoms with Gasteiger partial charge >= 0.3 is 5.97 Å².